The highest BCUT2D eigenvalue weighted by atomic mass is 32.2. The van der Waals surface area contributed by atoms with Crippen molar-refractivity contribution in [2.24, 2.45) is 0 Å². The van der Waals surface area contributed by atoms with Gasteiger partial charge < -0.3 is 10.6 Å². The van der Waals surface area contributed by atoms with E-state index in [1.165, 1.54) is 12.1 Å². The van der Waals surface area contributed by atoms with E-state index in [1.807, 2.05) is 31.2 Å². The van der Waals surface area contributed by atoms with Gasteiger partial charge in [-0.3, -0.25) is 0 Å². The molecule has 0 bridgehead atoms. The topological polar surface area (TPSA) is 75.3 Å². The van der Waals surface area contributed by atoms with Crippen LogP contribution >= 0.6 is 0 Å². The SMILES string of the molecule is Cc1ccccc1CNC(=O)Nc1ccc(S(C)(=O)=O)cc1. The normalized spacial score (nSPS) is 11.0. The minimum atomic E-state index is -3.23. The van der Waals surface area contributed by atoms with Gasteiger partial charge in [-0.05, 0) is 42.3 Å². The molecule has 0 spiro atoms. The maximum absolute atomic E-state index is 11.8. The maximum atomic E-state index is 11.8. The van der Waals surface area contributed by atoms with Gasteiger partial charge >= 0.3 is 6.03 Å². The lowest BCUT2D eigenvalue weighted by molar-refractivity contribution is 0.251. The van der Waals surface area contributed by atoms with Gasteiger partial charge in [0.2, 0.25) is 0 Å². The molecule has 0 aliphatic rings. The minimum Gasteiger partial charge on any atom is -0.334 e. The number of nitrogens with one attached hydrogen (secondary N) is 2. The van der Waals surface area contributed by atoms with Crippen LogP contribution in [0.2, 0.25) is 0 Å². The summed E-state index contributed by atoms with van der Waals surface area (Å²) >= 11 is 0. The molecule has 0 radical (unpaired) electrons. The molecule has 0 aliphatic carbocycles. The minimum absolute atomic E-state index is 0.221. The molecule has 116 valence electrons. The molecule has 2 aromatic rings. The molecular weight excluding hydrogens is 300 g/mol. The van der Waals surface area contributed by atoms with Crippen molar-refractivity contribution in [1.82, 2.24) is 5.32 Å². The third-order valence-electron chi connectivity index (χ3n) is 3.24. The van der Waals surface area contributed by atoms with Crippen molar-refractivity contribution in [2.75, 3.05) is 11.6 Å². The Morgan fingerprint density at radius 2 is 1.68 bits per heavy atom. The summed E-state index contributed by atoms with van der Waals surface area (Å²) in [5.74, 6) is 0. The Morgan fingerprint density at radius 3 is 2.27 bits per heavy atom. The van der Waals surface area contributed by atoms with Crippen LogP contribution in [-0.2, 0) is 16.4 Å². The second-order valence-electron chi connectivity index (χ2n) is 5.03. The lowest BCUT2D eigenvalue weighted by Gasteiger charge is -2.09. The van der Waals surface area contributed by atoms with E-state index in [1.54, 1.807) is 12.1 Å². The predicted octanol–water partition coefficient (Wildman–Crippen LogP) is 2.72. The highest BCUT2D eigenvalue weighted by Crippen LogP contribution is 2.13. The first-order valence-corrected chi connectivity index (χ1v) is 8.65. The summed E-state index contributed by atoms with van der Waals surface area (Å²) in [5, 5.41) is 5.43. The number of hydrogen-bond donors (Lipinski definition) is 2. The van der Waals surface area contributed by atoms with Crippen molar-refractivity contribution in [3.63, 3.8) is 0 Å². The number of carbonyl (C=O) groups excluding carboxylic acids is 1. The number of benzene rings is 2. The van der Waals surface area contributed by atoms with Gasteiger partial charge in [0.1, 0.15) is 0 Å². The quantitative estimate of drug-likeness (QED) is 0.910. The summed E-state index contributed by atoms with van der Waals surface area (Å²) in [6, 6.07) is 13.5. The molecule has 0 heterocycles. The smallest absolute Gasteiger partial charge is 0.319 e. The van der Waals surface area contributed by atoms with Crippen molar-refractivity contribution in [3.05, 3.63) is 59.7 Å². The molecule has 0 fully saturated rings. The Kier molecular flexibility index (Phi) is 4.82. The van der Waals surface area contributed by atoms with Crippen molar-refractivity contribution >= 4 is 21.6 Å². The van der Waals surface area contributed by atoms with Crippen LogP contribution in [0.25, 0.3) is 0 Å². The van der Waals surface area contributed by atoms with Crippen molar-refractivity contribution < 1.29 is 13.2 Å². The first-order valence-electron chi connectivity index (χ1n) is 6.76. The monoisotopic (exact) mass is 318 g/mol. The van der Waals surface area contributed by atoms with Crippen LogP contribution in [-0.4, -0.2) is 20.7 Å². The zero-order valence-electron chi connectivity index (χ0n) is 12.5. The van der Waals surface area contributed by atoms with E-state index in [2.05, 4.69) is 10.6 Å². The Morgan fingerprint density at radius 1 is 1.05 bits per heavy atom. The van der Waals surface area contributed by atoms with E-state index in [4.69, 9.17) is 0 Å². The average Bonchev–Trinajstić information content (AvgIpc) is 2.46. The highest BCUT2D eigenvalue weighted by molar-refractivity contribution is 7.90. The summed E-state index contributed by atoms with van der Waals surface area (Å²) in [7, 11) is -3.23. The van der Waals surface area contributed by atoms with Gasteiger partial charge in [0.25, 0.3) is 0 Å². The Labute approximate surface area is 130 Å². The lowest BCUT2D eigenvalue weighted by atomic mass is 10.1. The Bertz CT molecular complexity index is 768. The first kappa shape index (κ1) is 16.0. The van der Waals surface area contributed by atoms with Crippen molar-refractivity contribution in [3.8, 4) is 0 Å². The molecular formula is C16H18N2O3S. The summed E-state index contributed by atoms with van der Waals surface area (Å²) < 4.78 is 22.7. The summed E-state index contributed by atoms with van der Waals surface area (Å²) in [6.45, 7) is 2.42. The molecule has 6 heteroatoms. The van der Waals surface area contributed by atoms with Crippen LogP contribution in [0.15, 0.2) is 53.4 Å². The molecule has 0 saturated carbocycles. The van der Waals surface area contributed by atoms with Gasteiger partial charge in [0, 0.05) is 18.5 Å². The van der Waals surface area contributed by atoms with E-state index in [9.17, 15) is 13.2 Å². The average molecular weight is 318 g/mol. The van der Waals surface area contributed by atoms with Gasteiger partial charge in [-0.1, -0.05) is 24.3 Å². The summed E-state index contributed by atoms with van der Waals surface area (Å²) in [6.07, 6.45) is 1.14. The molecule has 5 nitrogen and oxygen atoms in total. The van der Waals surface area contributed by atoms with Gasteiger partial charge in [-0.2, -0.15) is 0 Å². The Balaban J connectivity index is 1.94. The number of hydrogen-bond acceptors (Lipinski definition) is 3. The van der Waals surface area contributed by atoms with Crippen LogP contribution < -0.4 is 10.6 Å². The van der Waals surface area contributed by atoms with E-state index in [0.717, 1.165) is 17.4 Å². The van der Waals surface area contributed by atoms with Crippen LogP contribution in [0.5, 0.6) is 0 Å². The van der Waals surface area contributed by atoms with Gasteiger partial charge in [0.05, 0.1) is 4.90 Å². The van der Waals surface area contributed by atoms with Crippen LogP contribution in [0.1, 0.15) is 11.1 Å². The molecule has 2 aromatic carbocycles. The zero-order chi connectivity index (χ0) is 16.2. The highest BCUT2D eigenvalue weighted by Gasteiger charge is 2.07. The van der Waals surface area contributed by atoms with Gasteiger partial charge in [-0.15, -0.1) is 0 Å². The third kappa shape index (κ3) is 4.33. The van der Waals surface area contributed by atoms with Crippen molar-refractivity contribution in [1.29, 1.82) is 0 Å². The van der Waals surface area contributed by atoms with E-state index in [-0.39, 0.29) is 10.9 Å². The second kappa shape index (κ2) is 6.62. The molecule has 2 rings (SSSR count). The number of urea groups is 1. The fraction of sp³-hybridized carbons (Fsp3) is 0.188. The van der Waals surface area contributed by atoms with Crippen LogP contribution in [0, 0.1) is 6.92 Å². The molecule has 22 heavy (non-hydrogen) atoms. The fourth-order valence-corrected chi connectivity index (χ4v) is 2.58. The second-order valence-corrected chi connectivity index (χ2v) is 7.05. The van der Waals surface area contributed by atoms with Gasteiger partial charge in [-0.25, -0.2) is 13.2 Å². The number of sulfone groups is 1. The number of rotatable bonds is 4. The molecule has 2 amide bonds. The first-order chi connectivity index (χ1) is 10.4. The molecule has 0 aliphatic heterocycles. The van der Waals surface area contributed by atoms with E-state index < -0.39 is 9.84 Å². The van der Waals surface area contributed by atoms with Crippen LogP contribution in [0.4, 0.5) is 10.5 Å². The predicted molar refractivity (Wildman–Crippen MR) is 86.6 cm³/mol. The molecule has 0 aromatic heterocycles. The Hall–Kier alpha value is -2.34. The number of aryl methyl sites for hydroxylation is 1. The molecule has 0 atom stereocenters. The molecule has 0 saturated heterocycles. The summed E-state index contributed by atoms with van der Waals surface area (Å²) in [5.41, 5.74) is 2.69. The van der Waals surface area contributed by atoms with E-state index in [0.29, 0.717) is 12.2 Å². The van der Waals surface area contributed by atoms with Crippen molar-refractivity contribution in [2.45, 2.75) is 18.4 Å². The maximum Gasteiger partial charge on any atom is 0.319 e. The van der Waals surface area contributed by atoms with Gasteiger partial charge in [0.15, 0.2) is 9.84 Å². The largest absolute Gasteiger partial charge is 0.334 e. The van der Waals surface area contributed by atoms with E-state index >= 15 is 0 Å². The fourth-order valence-electron chi connectivity index (χ4n) is 1.94. The number of carbonyl (C=O) groups is 1. The molecule has 0 unspecified atom stereocenters. The summed E-state index contributed by atoms with van der Waals surface area (Å²) in [4.78, 5) is 12.1. The number of amides is 2. The van der Waals surface area contributed by atoms with Crippen LogP contribution in [0.3, 0.4) is 0 Å². The number of anilines is 1. The zero-order valence-corrected chi connectivity index (χ0v) is 13.3. The standard InChI is InChI=1S/C16H18N2O3S/c1-12-5-3-4-6-13(12)11-17-16(19)18-14-7-9-15(10-8-14)22(2,20)21/h3-10H,11H2,1-2H3,(H2,17,18,19). The third-order valence-corrected chi connectivity index (χ3v) is 4.37. The molecule has 2 N–H and O–H groups in total. The lowest BCUT2D eigenvalue weighted by Crippen LogP contribution is -2.28.